The number of carbonyl (C=O) groups excluding carboxylic acids is 1. The number of anilines is 2. The maximum absolute atomic E-state index is 14.3. The molecule has 2 aliphatic rings. The summed E-state index contributed by atoms with van der Waals surface area (Å²) in [6.45, 7) is 8.75. The summed E-state index contributed by atoms with van der Waals surface area (Å²) in [6, 6.07) is 11.2. The molecule has 0 atom stereocenters. The van der Waals surface area contributed by atoms with Gasteiger partial charge in [-0.3, -0.25) is 9.69 Å². The van der Waals surface area contributed by atoms with Crippen LogP contribution in [-0.4, -0.2) is 54.5 Å². The third kappa shape index (κ3) is 4.04. The van der Waals surface area contributed by atoms with Crippen molar-refractivity contribution >= 4 is 39.0 Å². The van der Waals surface area contributed by atoms with Gasteiger partial charge in [0.15, 0.2) is 0 Å². The van der Waals surface area contributed by atoms with Crippen molar-refractivity contribution < 1.29 is 13.9 Å². The Bertz CT molecular complexity index is 1150. The third-order valence-corrected chi connectivity index (χ3v) is 7.18. The number of rotatable bonds is 5. The standard InChI is InChI=1S/C24H27FN4O2S/c1-24(2)15-21(30)26-22-18(24)13-16(25)14-19(22)31-12-11-28-7-9-29(10-8-28)23-17-5-3-4-6-20(17)32-27-23/h3-6,13-14H,7-12,15H2,1-2H3,(H,26,30). The summed E-state index contributed by atoms with van der Waals surface area (Å²) in [4.78, 5) is 16.8. The molecule has 3 heterocycles. The molecule has 1 N–H and O–H groups in total. The van der Waals surface area contributed by atoms with Crippen molar-refractivity contribution in [1.29, 1.82) is 0 Å². The second-order valence-electron chi connectivity index (χ2n) is 9.11. The first-order chi connectivity index (χ1) is 15.4. The van der Waals surface area contributed by atoms with Gasteiger partial charge in [0, 0.05) is 56.0 Å². The molecule has 1 fully saturated rings. The summed E-state index contributed by atoms with van der Waals surface area (Å²) in [5.74, 6) is 1.08. The molecule has 168 valence electrons. The van der Waals surface area contributed by atoms with Crippen LogP contribution in [0.4, 0.5) is 15.9 Å². The lowest BCUT2D eigenvalue weighted by Crippen LogP contribution is -2.47. The fraction of sp³-hybridized carbons (Fsp3) is 0.417. The molecule has 0 unspecified atom stereocenters. The summed E-state index contributed by atoms with van der Waals surface area (Å²) in [6.07, 6.45) is 0.335. The van der Waals surface area contributed by atoms with Crippen molar-refractivity contribution in [2.75, 3.05) is 49.5 Å². The van der Waals surface area contributed by atoms with E-state index in [0.717, 1.165) is 44.1 Å². The first-order valence-electron chi connectivity index (χ1n) is 11.0. The number of nitrogens with zero attached hydrogens (tertiary/aromatic N) is 3. The largest absolute Gasteiger partial charge is 0.490 e. The van der Waals surface area contributed by atoms with E-state index in [1.165, 1.54) is 22.2 Å². The van der Waals surface area contributed by atoms with E-state index < -0.39 is 5.41 Å². The van der Waals surface area contributed by atoms with E-state index >= 15 is 0 Å². The highest BCUT2D eigenvalue weighted by molar-refractivity contribution is 7.13. The molecule has 1 saturated heterocycles. The second kappa shape index (κ2) is 8.33. The Hall–Kier alpha value is -2.71. The van der Waals surface area contributed by atoms with Gasteiger partial charge in [-0.2, -0.15) is 4.37 Å². The maximum Gasteiger partial charge on any atom is 0.225 e. The topological polar surface area (TPSA) is 57.7 Å². The number of hydrogen-bond acceptors (Lipinski definition) is 6. The number of ether oxygens (including phenoxy) is 1. The van der Waals surface area contributed by atoms with E-state index in [2.05, 4.69) is 37.7 Å². The number of hydrogen-bond donors (Lipinski definition) is 1. The zero-order chi connectivity index (χ0) is 22.3. The maximum atomic E-state index is 14.3. The molecule has 0 aliphatic carbocycles. The van der Waals surface area contributed by atoms with Gasteiger partial charge in [-0.25, -0.2) is 4.39 Å². The molecule has 5 rings (SSSR count). The fourth-order valence-corrected chi connectivity index (χ4v) is 5.40. The normalized spacial score (nSPS) is 18.5. The van der Waals surface area contributed by atoms with Crippen molar-refractivity contribution in [3.05, 3.63) is 47.8 Å². The summed E-state index contributed by atoms with van der Waals surface area (Å²) in [5, 5.41) is 4.10. The highest BCUT2D eigenvalue weighted by Crippen LogP contribution is 2.42. The van der Waals surface area contributed by atoms with E-state index in [1.54, 1.807) is 11.5 Å². The average Bonchev–Trinajstić information content (AvgIpc) is 3.19. The van der Waals surface area contributed by atoms with E-state index in [4.69, 9.17) is 4.74 Å². The van der Waals surface area contributed by atoms with E-state index in [1.807, 2.05) is 19.9 Å². The summed E-state index contributed by atoms with van der Waals surface area (Å²) >= 11 is 1.55. The van der Waals surface area contributed by atoms with Crippen molar-refractivity contribution in [3.63, 3.8) is 0 Å². The number of amides is 1. The minimum Gasteiger partial charge on any atom is -0.490 e. The van der Waals surface area contributed by atoms with Gasteiger partial charge in [0.1, 0.15) is 24.0 Å². The lowest BCUT2D eigenvalue weighted by atomic mass is 9.78. The second-order valence-corrected chi connectivity index (χ2v) is 9.92. The van der Waals surface area contributed by atoms with Gasteiger partial charge in [0.05, 0.1) is 10.4 Å². The van der Waals surface area contributed by atoms with Crippen LogP contribution in [0.15, 0.2) is 36.4 Å². The van der Waals surface area contributed by atoms with Gasteiger partial charge in [0.2, 0.25) is 5.91 Å². The van der Waals surface area contributed by atoms with Crippen LogP contribution in [0.1, 0.15) is 25.8 Å². The Morgan fingerprint density at radius 2 is 1.97 bits per heavy atom. The van der Waals surface area contributed by atoms with Crippen LogP contribution in [-0.2, 0) is 10.2 Å². The molecule has 0 saturated carbocycles. The SMILES string of the molecule is CC1(C)CC(=O)Nc2c(OCCN3CCN(c4nsc5ccccc45)CC3)cc(F)cc21. The molecule has 2 aliphatic heterocycles. The van der Waals surface area contributed by atoms with Gasteiger partial charge >= 0.3 is 0 Å². The first kappa shape index (κ1) is 21.2. The molecule has 2 aromatic carbocycles. The van der Waals surface area contributed by atoms with Gasteiger partial charge in [-0.05, 0) is 35.3 Å². The van der Waals surface area contributed by atoms with Crippen molar-refractivity contribution in [2.45, 2.75) is 25.7 Å². The Morgan fingerprint density at radius 1 is 1.19 bits per heavy atom. The van der Waals surface area contributed by atoms with Crippen molar-refractivity contribution in [2.24, 2.45) is 0 Å². The Kier molecular flexibility index (Phi) is 5.51. The predicted molar refractivity (Wildman–Crippen MR) is 126 cm³/mol. The number of carbonyl (C=O) groups is 1. The molecular weight excluding hydrogens is 427 g/mol. The molecular formula is C24H27FN4O2S. The van der Waals surface area contributed by atoms with Crippen molar-refractivity contribution in [1.82, 2.24) is 9.27 Å². The van der Waals surface area contributed by atoms with Crippen LogP contribution in [0.3, 0.4) is 0 Å². The summed E-state index contributed by atoms with van der Waals surface area (Å²) in [5.41, 5.74) is 0.970. The Morgan fingerprint density at radius 3 is 2.78 bits per heavy atom. The first-order valence-corrected chi connectivity index (χ1v) is 11.8. The number of aromatic nitrogens is 1. The molecule has 0 spiro atoms. The van der Waals surface area contributed by atoms with Gasteiger partial charge < -0.3 is 15.0 Å². The lowest BCUT2D eigenvalue weighted by Gasteiger charge is -2.35. The molecule has 1 amide bonds. The minimum atomic E-state index is -0.423. The molecule has 1 aromatic heterocycles. The van der Waals surface area contributed by atoms with Gasteiger partial charge in [0.25, 0.3) is 0 Å². The average molecular weight is 455 g/mol. The van der Waals surface area contributed by atoms with E-state index in [0.29, 0.717) is 24.5 Å². The minimum absolute atomic E-state index is 0.0651. The highest BCUT2D eigenvalue weighted by atomic mass is 32.1. The zero-order valence-electron chi connectivity index (χ0n) is 18.4. The molecule has 8 heteroatoms. The fourth-order valence-electron chi connectivity index (χ4n) is 4.61. The number of piperazine rings is 1. The smallest absolute Gasteiger partial charge is 0.225 e. The zero-order valence-corrected chi connectivity index (χ0v) is 19.2. The third-order valence-electron chi connectivity index (χ3n) is 6.36. The quantitative estimate of drug-likeness (QED) is 0.625. The van der Waals surface area contributed by atoms with Gasteiger partial charge in [-0.1, -0.05) is 26.0 Å². The highest BCUT2D eigenvalue weighted by Gasteiger charge is 2.34. The number of benzene rings is 2. The van der Waals surface area contributed by atoms with Gasteiger partial charge in [-0.15, -0.1) is 0 Å². The van der Waals surface area contributed by atoms with Crippen molar-refractivity contribution in [3.8, 4) is 5.75 Å². The Labute approximate surface area is 191 Å². The van der Waals surface area contributed by atoms with Crippen LogP contribution >= 0.6 is 11.5 Å². The van der Waals surface area contributed by atoms with Crippen LogP contribution in [0.5, 0.6) is 5.75 Å². The van der Waals surface area contributed by atoms with E-state index in [9.17, 15) is 9.18 Å². The summed E-state index contributed by atoms with van der Waals surface area (Å²) < 4.78 is 26.1. The number of nitrogens with one attached hydrogen (secondary N) is 1. The summed E-state index contributed by atoms with van der Waals surface area (Å²) in [7, 11) is 0. The monoisotopic (exact) mass is 454 g/mol. The van der Waals surface area contributed by atoms with E-state index in [-0.39, 0.29) is 11.7 Å². The molecule has 3 aromatic rings. The predicted octanol–water partition coefficient (Wildman–Crippen LogP) is 4.26. The van der Waals surface area contributed by atoms with Crippen LogP contribution in [0, 0.1) is 5.82 Å². The molecule has 6 nitrogen and oxygen atoms in total. The van der Waals surface area contributed by atoms with Crippen LogP contribution in [0.2, 0.25) is 0 Å². The molecule has 32 heavy (non-hydrogen) atoms. The molecule has 0 radical (unpaired) electrons. The Balaban J connectivity index is 1.20. The molecule has 0 bridgehead atoms. The lowest BCUT2D eigenvalue weighted by molar-refractivity contribution is -0.117. The van der Waals surface area contributed by atoms with Crippen LogP contribution in [0.25, 0.3) is 10.1 Å². The van der Waals surface area contributed by atoms with Crippen LogP contribution < -0.4 is 15.0 Å². The number of fused-ring (bicyclic) bond motifs is 2. The number of halogens is 1.